The third-order valence-electron chi connectivity index (χ3n) is 4.45. The fourth-order valence-electron chi connectivity index (χ4n) is 3.19. The van der Waals surface area contributed by atoms with E-state index in [1.165, 1.54) is 0 Å². The Morgan fingerprint density at radius 2 is 1.82 bits per heavy atom. The molecule has 22 heavy (non-hydrogen) atoms. The molecular formula is C17H22N4O. The fraction of sp³-hybridized carbons (Fsp3) is 0.471. The lowest BCUT2D eigenvalue weighted by atomic mass is 9.93. The highest BCUT2D eigenvalue weighted by Gasteiger charge is 2.29. The topological polar surface area (TPSA) is 51.0 Å². The number of aromatic nitrogens is 3. The second-order valence-corrected chi connectivity index (χ2v) is 5.78. The van der Waals surface area contributed by atoms with Gasteiger partial charge in [-0.2, -0.15) is 15.0 Å². The first-order valence-corrected chi connectivity index (χ1v) is 7.99. The molecule has 1 unspecified atom stereocenters. The fourth-order valence-corrected chi connectivity index (χ4v) is 3.19. The lowest BCUT2D eigenvalue weighted by Gasteiger charge is -2.33. The Kier molecular flexibility index (Phi) is 4.51. The van der Waals surface area contributed by atoms with Gasteiger partial charge in [0.2, 0.25) is 5.91 Å². The van der Waals surface area contributed by atoms with Gasteiger partial charge in [0.15, 0.2) is 0 Å². The van der Waals surface area contributed by atoms with Gasteiger partial charge in [-0.05, 0) is 24.8 Å². The first-order chi connectivity index (χ1) is 10.8. The molecule has 2 aromatic rings. The number of carbonyl (C=O) groups is 1. The van der Waals surface area contributed by atoms with Crippen LogP contribution in [0.4, 0.5) is 0 Å². The molecule has 1 saturated heterocycles. The molecule has 1 aliphatic rings. The van der Waals surface area contributed by atoms with Crippen molar-refractivity contribution in [1.82, 2.24) is 19.9 Å². The minimum atomic E-state index is -0.0272. The van der Waals surface area contributed by atoms with Crippen LogP contribution < -0.4 is 0 Å². The quantitative estimate of drug-likeness (QED) is 0.872. The number of amides is 1. The molecule has 5 heteroatoms. The number of nitrogens with zero attached hydrogens (tertiary/aromatic N) is 4. The summed E-state index contributed by atoms with van der Waals surface area (Å²) in [5, 5.41) is 8.42. The van der Waals surface area contributed by atoms with Gasteiger partial charge in [-0.25, -0.2) is 0 Å². The molecule has 0 aliphatic carbocycles. The van der Waals surface area contributed by atoms with E-state index < -0.39 is 0 Å². The number of benzene rings is 1. The molecule has 2 heterocycles. The SMILES string of the molecule is CCC(C(=O)N1CCC(n2nccn2)CC1)c1ccccc1. The number of hydrogen-bond donors (Lipinski definition) is 0. The highest BCUT2D eigenvalue weighted by atomic mass is 16.2. The Balaban J connectivity index is 1.64. The zero-order chi connectivity index (χ0) is 15.4. The molecule has 0 bridgehead atoms. The third kappa shape index (κ3) is 3.03. The molecule has 0 N–H and O–H groups in total. The van der Waals surface area contributed by atoms with E-state index in [4.69, 9.17) is 0 Å². The zero-order valence-corrected chi connectivity index (χ0v) is 12.9. The van der Waals surface area contributed by atoms with E-state index in [2.05, 4.69) is 17.1 Å². The summed E-state index contributed by atoms with van der Waals surface area (Å²) >= 11 is 0. The van der Waals surface area contributed by atoms with Crippen molar-refractivity contribution < 1.29 is 4.79 Å². The maximum Gasteiger partial charge on any atom is 0.230 e. The summed E-state index contributed by atoms with van der Waals surface area (Å²) in [6.07, 6.45) is 6.10. The molecule has 1 fully saturated rings. The minimum absolute atomic E-state index is 0.0272. The van der Waals surface area contributed by atoms with Crippen molar-refractivity contribution in [2.24, 2.45) is 0 Å². The average Bonchev–Trinajstić information content (AvgIpc) is 3.11. The van der Waals surface area contributed by atoms with Gasteiger partial charge in [-0.15, -0.1) is 0 Å². The highest BCUT2D eigenvalue weighted by molar-refractivity contribution is 5.83. The number of rotatable bonds is 4. The van der Waals surface area contributed by atoms with E-state index in [9.17, 15) is 4.79 Å². The van der Waals surface area contributed by atoms with Crippen LogP contribution >= 0.6 is 0 Å². The number of carbonyl (C=O) groups excluding carboxylic acids is 1. The minimum Gasteiger partial charge on any atom is -0.342 e. The summed E-state index contributed by atoms with van der Waals surface area (Å²) in [5.74, 6) is 0.223. The predicted molar refractivity (Wildman–Crippen MR) is 84.3 cm³/mol. The molecule has 0 spiro atoms. The highest BCUT2D eigenvalue weighted by Crippen LogP contribution is 2.26. The maximum absolute atomic E-state index is 12.8. The van der Waals surface area contributed by atoms with Crippen LogP contribution in [0, 0.1) is 0 Å². The van der Waals surface area contributed by atoms with Crippen LogP contribution in [0.5, 0.6) is 0 Å². The van der Waals surface area contributed by atoms with Gasteiger partial charge in [-0.3, -0.25) is 4.79 Å². The van der Waals surface area contributed by atoms with Crippen molar-refractivity contribution >= 4 is 5.91 Å². The van der Waals surface area contributed by atoms with Crippen molar-refractivity contribution in [2.45, 2.75) is 38.1 Å². The predicted octanol–water partition coefficient (Wildman–Crippen LogP) is 2.64. The summed E-state index contributed by atoms with van der Waals surface area (Å²) < 4.78 is 0. The summed E-state index contributed by atoms with van der Waals surface area (Å²) in [5.41, 5.74) is 1.12. The van der Waals surface area contributed by atoms with Gasteiger partial charge in [0.25, 0.3) is 0 Å². The van der Waals surface area contributed by atoms with Crippen LogP contribution in [-0.4, -0.2) is 38.9 Å². The van der Waals surface area contributed by atoms with E-state index in [0.29, 0.717) is 6.04 Å². The summed E-state index contributed by atoms with van der Waals surface area (Å²) in [7, 11) is 0. The van der Waals surface area contributed by atoms with Crippen molar-refractivity contribution in [1.29, 1.82) is 0 Å². The maximum atomic E-state index is 12.8. The van der Waals surface area contributed by atoms with Gasteiger partial charge >= 0.3 is 0 Å². The van der Waals surface area contributed by atoms with Crippen molar-refractivity contribution in [2.75, 3.05) is 13.1 Å². The van der Waals surface area contributed by atoms with Crippen molar-refractivity contribution in [3.63, 3.8) is 0 Å². The zero-order valence-electron chi connectivity index (χ0n) is 12.9. The average molecular weight is 298 g/mol. The van der Waals surface area contributed by atoms with Crippen LogP contribution in [-0.2, 0) is 4.79 Å². The Bertz CT molecular complexity index is 588. The normalized spacial score (nSPS) is 17.4. The Morgan fingerprint density at radius 1 is 1.18 bits per heavy atom. The van der Waals surface area contributed by atoms with Crippen molar-refractivity contribution in [3.05, 3.63) is 48.3 Å². The van der Waals surface area contributed by atoms with Crippen LogP contribution in [0.15, 0.2) is 42.7 Å². The lowest BCUT2D eigenvalue weighted by molar-refractivity contribution is -0.134. The molecule has 5 nitrogen and oxygen atoms in total. The molecule has 0 radical (unpaired) electrons. The van der Waals surface area contributed by atoms with Crippen LogP contribution in [0.3, 0.4) is 0 Å². The summed E-state index contributed by atoms with van der Waals surface area (Å²) in [4.78, 5) is 16.6. The van der Waals surface area contributed by atoms with Gasteiger partial charge in [0.05, 0.1) is 24.4 Å². The molecule has 3 rings (SSSR count). The first-order valence-electron chi connectivity index (χ1n) is 7.99. The molecule has 0 saturated carbocycles. The van der Waals surface area contributed by atoms with Crippen LogP contribution in [0.25, 0.3) is 0 Å². The summed E-state index contributed by atoms with van der Waals surface area (Å²) in [6, 6.07) is 10.4. The summed E-state index contributed by atoms with van der Waals surface area (Å²) in [6.45, 7) is 3.65. The van der Waals surface area contributed by atoms with Crippen molar-refractivity contribution in [3.8, 4) is 0 Å². The molecule has 1 aliphatic heterocycles. The second kappa shape index (κ2) is 6.73. The second-order valence-electron chi connectivity index (χ2n) is 5.78. The molecule has 1 amide bonds. The van der Waals surface area contributed by atoms with E-state index in [1.54, 1.807) is 17.2 Å². The van der Waals surface area contributed by atoms with Gasteiger partial charge in [-0.1, -0.05) is 37.3 Å². The number of likely N-dealkylation sites (tertiary alicyclic amines) is 1. The number of piperidine rings is 1. The molecule has 1 aromatic carbocycles. The Hall–Kier alpha value is -2.17. The lowest BCUT2D eigenvalue weighted by Crippen LogP contribution is -2.41. The van der Waals surface area contributed by atoms with E-state index in [0.717, 1.165) is 37.9 Å². The van der Waals surface area contributed by atoms with Crippen LogP contribution in [0.2, 0.25) is 0 Å². The Labute approximate surface area is 130 Å². The largest absolute Gasteiger partial charge is 0.342 e. The van der Waals surface area contributed by atoms with Gasteiger partial charge < -0.3 is 4.90 Å². The monoisotopic (exact) mass is 298 g/mol. The smallest absolute Gasteiger partial charge is 0.230 e. The Morgan fingerprint density at radius 3 is 2.41 bits per heavy atom. The third-order valence-corrected chi connectivity index (χ3v) is 4.45. The van der Waals surface area contributed by atoms with E-state index >= 15 is 0 Å². The van der Waals surface area contributed by atoms with Gasteiger partial charge in [0, 0.05) is 13.1 Å². The molecule has 1 aromatic heterocycles. The van der Waals surface area contributed by atoms with Crippen LogP contribution in [0.1, 0.15) is 43.7 Å². The molecular weight excluding hydrogens is 276 g/mol. The molecule has 1 atom stereocenters. The van der Waals surface area contributed by atoms with E-state index in [1.807, 2.05) is 35.2 Å². The first kappa shape index (κ1) is 14.8. The van der Waals surface area contributed by atoms with Gasteiger partial charge in [0.1, 0.15) is 0 Å². The molecule has 116 valence electrons. The standard InChI is InChI=1S/C17H22N4O/c1-2-16(14-6-4-3-5-7-14)17(22)20-12-8-15(9-13-20)21-18-10-11-19-21/h3-7,10-11,15-16H,2,8-9,12-13H2,1H3. The number of hydrogen-bond acceptors (Lipinski definition) is 3. The van der Waals surface area contributed by atoms with E-state index in [-0.39, 0.29) is 11.8 Å².